The molecule has 0 aliphatic heterocycles. The van der Waals surface area contributed by atoms with Crippen LogP contribution in [0.1, 0.15) is 0 Å². The maximum atomic E-state index is 6.80. The zero-order chi connectivity index (χ0) is 83.3. The quantitative estimate of drug-likeness (QED) is 0.125. The van der Waals surface area contributed by atoms with Crippen molar-refractivity contribution < 1.29 is 8.83 Å². The molecule has 13 heteroatoms. The number of furan rings is 2. The van der Waals surface area contributed by atoms with E-state index in [2.05, 4.69) is 308 Å². The SMILES string of the molecule is c1ccc(-c2nc(-c3ccccc3)nc(-c3cccc4c3oc3ccc(-n5c6ccccc6c6c5ccc5c7ccccc7n(-c7ccc8c(c7)c7ccccc7n8-c7ccccc7)c56)cc34)n2)cc1.c1ccc(-c2nc(-c3ccccc3)nc(-c3cccc4c3oc3ccc(-n5c6ccccc6c6c5ccc5c7ccccc7n(-c7ccccc7)c56)cc34)n2)cc1. The Labute approximate surface area is 725 Å². The van der Waals surface area contributed by atoms with Crippen LogP contribution in [-0.4, -0.2) is 52.7 Å². The summed E-state index contributed by atoms with van der Waals surface area (Å²) in [7, 11) is 0. The van der Waals surface area contributed by atoms with Crippen molar-refractivity contribution in [3.05, 3.63) is 419 Å². The molecule has 0 saturated carbocycles. The second-order valence-electron chi connectivity index (χ2n) is 32.4. The number of para-hydroxylation sites is 9. The van der Waals surface area contributed by atoms with Crippen LogP contribution in [0.2, 0.25) is 0 Å². The van der Waals surface area contributed by atoms with Crippen molar-refractivity contribution in [3.8, 4) is 96.8 Å². The van der Waals surface area contributed by atoms with E-state index < -0.39 is 0 Å². The molecule has 9 heterocycles. The molecule has 0 amide bonds. The number of hydrogen-bond donors (Lipinski definition) is 0. The van der Waals surface area contributed by atoms with E-state index in [-0.39, 0.29) is 0 Å². The summed E-state index contributed by atoms with van der Waals surface area (Å²) < 4.78 is 25.6. The summed E-state index contributed by atoms with van der Waals surface area (Å²) >= 11 is 0. The van der Waals surface area contributed by atoms with Gasteiger partial charge in [0.15, 0.2) is 34.9 Å². The molecule has 0 aliphatic rings. The van der Waals surface area contributed by atoms with Crippen molar-refractivity contribution in [1.29, 1.82) is 0 Å². The molecule has 592 valence electrons. The Bertz CT molecular complexity index is 9030. The fourth-order valence-electron chi connectivity index (χ4n) is 19.7. The van der Waals surface area contributed by atoms with Gasteiger partial charge in [-0.05, 0) is 133 Å². The zero-order valence-electron chi connectivity index (χ0n) is 68.1. The van der Waals surface area contributed by atoms with Crippen molar-refractivity contribution in [2.24, 2.45) is 0 Å². The molecule has 13 nitrogen and oxygen atoms in total. The highest BCUT2D eigenvalue weighted by atomic mass is 16.3. The lowest BCUT2D eigenvalue weighted by Gasteiger charge is -2.11. The monoisotopic (exact) mass is 1620 g/mol. The minimum absolute atomic E-state index is 0.556. The molecule has 0 saturated heterocycles. The van der Waals surface area contributed by atoms with E-state index in [9.17, 15) is 0 Å². The number of hydrogen-bond acceptors (Lipinski definition) is 8. The molecular weight excluding hydrogens is 1560 g/mol. The lowest BCUT2D eigenvalue weighted by atomic mass is 10.1. The molecule has 0 unspecified atom stereocenters. The van der Waals surface area contributed by atoms with Gasteiger partial charge in [0.05, 0.1) is 66.3 Å². The Morgan fingerprint density at radius 3 is 0.850 bits per heavy atom. The van der Waals surface area contributed by atoms with Crippen LogP contribution in [0.25, 0.3) is 250 Å². The fourth-order valence-corrected chi connectivity index (χ4v) is 19.7. The number of benzene rings is 18. The highest BCUT2D eigenvalue weighted by Gasteiger charge is 2.28. The average molecular weight is 1620 g/mol. The van der Waals surface area contributed by atoms with Crippen LogP contribution in [0, 0.1) is 0 Å². The molecule has 0 radical (unpaired) electrons. The summed E-state index contributed by atoms with van der Waals surface area (Å²) in [6.45, 7) is 0. The molecule has 0 atom stereocenters. The van der Waals surface area contributed by atoms with E-state index in [4.69, 9.17) is 38.7 Å². The smallest absolute Gasteiger partial charge is 0.167 e. The normalized spacial score (nSPS) is 11.9. The minimum atomic E-state index is 0.556. The van der Waals surface area contributed by atoms with Crippen molar-refractivity contribution >= 4 is 153 Å². The van der Waals surface area contributed by atoms with Gasteiger partial charge in [0.25, 0.3) is 0 Å². The largest absolute Gasteiger partial charge is 0.455 e. The van der Waals surface area contributed by atoms with Gasteiger partial charge in [-0.2, -0.15) is 0 Å². The molecule has 27 rings (SSSR count). The molecule has 0 spiro atoms. The fraction of sp³-hybridized carbons (Fsp3) is 0. The predicted molar refractivity (Wildman–Crippen MR) is 519 cm³/mol. The van der Waals surface area contributed by atoms with Gasteiger partial charge in [-0.3, -0.25) is 0 Å². The van der Waals surface area contributed by atoms with Gasteiger partial charge >= 0.3 is 0 Å². The third-order valence-corrected chi connectivity index (χ3v) is 25.2. The second-order valence-corrected chi connectivity index (χ2v) is 32.4. The zero-order valence-corrected chi connectivity index (χ0v) is 68.1. The first kappa shape index (κ1) is 71.3. The van der Waals surface area contributed by atoms with E-state index in [0.717, 1.165) is 128 Å². The number of fused-ring (bicyclic) bond motifs is 23. The molecule has 18 aromatic carbocycles. The first-order valence-corrected chi connectivity index (χ1v) is 42.7. The Kier molecular flexibility index (Phi) is 16.1. The summed E-state index contributed by atoms with van der Waals surface area (Å²) in [5.74, 6) is 3.56. The number of rotatable bonds is 11. The Balaban J connectivity index is 0.000000138. The molecule has 0 fully saturated rings. The van der Waals surface area contributed by atoms with Gasteiger partial charge in [-0.15, -0.1) is 0 Å². The molecule has 27 aromatic rings. The summed E-state index contributed by atoms with van der Waals surface area (Å²) in [4.78, 5) is 30.0. The van der Waals surface area contributed by atoms with Gasteiger partial charge in [0, 0.05) is 126 Å². The van der Waals surface area contributed by atoms with Gasteiger partial charge < -0.3 is 31.7 Å². The standard InChI is InChI=1S/C63H38N6O.C51H31N5O/c1-4-17-39(18-5-1)61-64-62(40-19-6-2-7-20-40)66-63(65-61)49-27-16-26-47-51-38-42(32-36-57(51)70-60(47)49)68-54-30-15-12-25-48(54)58-56(68)35-33-46-44-23-10-14-29-53(44)69(59(46)58)43-31-34-55-50(37-43)45-24-11-13-28-52(45)67(55)41-21-8-3-9-22-41;1-4-15-32(16-5-1)49-52-50(33-17-6-2-7-18-33)54-51(53-49)40-24-14-23-38-41-31-35(27-30-45(41)57-48(38)40)55-43-26-13-11-22-39(43)46-44(55)29-28-37-36-21-10-12-25-42(36)56(47(37)46)34-19-8-3-9-20-34/h1-38H;1-31H. The van der Waals surface area contributed by atoms with E-state index in [0.29, 0.717) is 34.9 Å². The second kappa shape index (κ2) is 28.6. The topological polar surface area (TPSA) is 128 Å². The highest BCUT2D eigenvalue weighted by Crippen LogP contribution is 2.48. The molecule has 9 aromatic heterocycles. The number of aromatic nitrogens is 11. The third kappa shape index (κ3) is 11.3. The van der Waals surface area contributed by atoms with Crippen LogP contribution in [0.3, 0.4) is 0 Å². The molecule has 0 aliphatic carbocycles. The lowest BCUT2D eigenvalue weighted by molar-refractivity contribution is 0.669. The summed E-state index contributed by atoms with van der Waals surface area (Å²) in [6, 6.07) is 147. The van der Waals surface area contributed by atoms with Crippen LogP contribution in [-0.2, 0) is 0 Å². The minimum Gasteiger partial charge on any atom is -0.455 e. The molecular formula is C114H69N11O2. The average Bonchev–Trinajstić information content (AvgIpc) is 1.53. The van der Waals surface area contributed by atoms with Gasteiger partial charge in [-0.1, -0.05) is 285 Å². The summed E-state index contributed by atoms with van der Waals surface area (Å²) in [6.07, 6.45) is 0. The van der Waals surface area contributed by atoms with E-state index in [1.165, 1.54) is 87.0 Å². The Morgan fingerprint density at radius 1 is 0.165 bits per heavy atom. The lowest BCUT2D eigenvalue weighted by Crippen LogP contribution is -2.00. The van der Waals surface area contributed by atoms with Gasteiger partial charge in [0.2, 0.25) is 0 Å². The van der Waals surface area contributed by atoms with Gasteiger partial charge in [-0.25, -0.2) is 29.9 Å². The van der Waals surface area contributed by atoms with Crippen LogP contribution < -0.4 is 0 Å². The molecule has 127 heavy (non-hydrogen) atoms. The van der Waals surface area contributed by atoms with Crippen LogP contribution in [0.4, 0.5) is 0 Å². The van der Waals surface area contributed by atoms with Crippen molar-refractivity contribution in [1.82, 2.24) is 52.7 Å². The maximum Gasteiger partial charge on any atom is 0.167 e. The van der Waals surface area contributed by atoms with Crippen molar-refractivity contribution in [2.75, 3.05) is 0 Å². The van der Waals surface area contributed by atoms with E-state index >= 15 is 0 Å². The maximum absolute atomic E-state index is 6.80. The Morgan fingerprint density at radius 2 is 0.441 bits per heavy atom. The predicted octanol–water partition coefficient (Wildman–Crippen LogP) is 29.0. The third-order valence-electron chi connectivity index (χ3n) is 25.2. The molecule has 0 bridgehead atoms. The first-order valence-electron chi connectivity index (χ1n) is 42.7. The van der Waals surface area contributed by atoms with Crippen molar-refractivity contribution in [2.45, 2.75) is 0 Å². The van der Waals surface area contributed by atoms with Gasteiger partial charge in [0.1, 0.15) is 22.3 Å². The van der Waals surface area contributed by atoms with Crippen LogP contribution in [0.5, 0.6) is 0 Å². The summed E-state index contributed by atoms with van der Waals surface area (Å²) in [5, 5.41) is 16.2. The molecule has 0 N–H and O–H groups in total. The van der Waals surface area contributed by atoms with Crippen molar-refractivity contribution in [3.63, 3.8) is 0 Å². The van der Waals surface area contributed by atoms with Crippen LogP contribution >= 0.6 is 0 Å². The first-order chi connectivity index (χ1) is 63.0. The van der Waals surface area contributed by atoms with E-state index in [1.807, 2.05) is 133 Å². The summed E-state index contributed by atoms with van der Waals surface area (Å²) in [5.41, 5.74) is 25.5. The highest BCUT2D eigenvalue weighted by molar-refractivity contribution is 6.28. The van der Waals surface area contributed by atoms with E-state index in [1.54, 1.807) is 0 Å². The Hall–Kier alpha value is -17.4. The number of nitrogens with zero attached hydrogens (tertiary/aromatic N) is 11. The van der Waals surface area contributed by atoms with Crippen LogP contribution in [0.15, 0.2) is 427 Å².